The minimum atomic E-state index is 0.148. The van der Waals surface area contributed by atoms with Crippen LogP contribution < -0.4 is 16.0 Å². The zero-order valence-corrected chi connectivity index (χ0v) is 25.6. The van der Waals surface area contributed by atoms with Crippen LogP contribution >= 0.6 is 0 Å². The number of anilines is 1. The van der Waals surface area contributed by atoms with Gasteiger partial charge >= 0.3 is 0 Å². The van der Waals surface area contributed by atoms with Crippen molar-refractivity contribution in [1.29, 1.82) is 0 Å². The number of hydrogen-bond acceptors (Lipinski definition) is 4. The molecule has 2 aliphatic heterocycles. The Hall–Kier alpha value is -2.69. The van der Waals surface area contributed by atoms with Gasteiger partial charge in [0, 0.05) is 47.7 Å². The van der Waals surface area contributed by atoms with Crippen molar-refractivity contribution in [2.75, 3.05) is 31.1 Å². The number of nitrogens with one attached hydrogen (secondary N) is 1. The topological polar surface area (TPSA) is 54.2 Å². The monoisotopic (exact) mass is 528 g/mol. The van der Waals surface area contributed by atoms with Crippen LogP contribution in [-0.2, 0) is 6.42 Å². The number of piperidine rings is 1. The molecule has 1 spiro atoms. The van der Waals surface area contributed by atoms with Gasteiger partial charge in [-0.15, -0.1) is 6.58 Å². The third-order valence-electron chi connectivity index (χ3n) is 7.65. The largest absolute Gasteiger partial charge is 0.370 e. The maximum absolute atomic E-state index is 5.17. The smallest absolute Gasteiger partial charge is 0.0733 e. The number of nitrogens with two attached hydrogens (primary N) is 1. The molecular weight excluding hydrogens is 476 g/mol. The Labute approximate surface area is 238 Å². The number of fused-ring (bicyclic) bond motifs is 1. The number of nitrogens with zero attached hydrogens (tertiary/aromatic N) is 2. The molecule has 2 aromatic carbocycles. The summed E-state index contributed by atoms with van der Waals surface area (Å²) >= 11 is 0. The quantitative estimate of drug-likeness (QED) is 0.338. The minimum absolute atomic E-state index is 0.148. The molecule has 0 amide bonds. The molecule has 0 saturated carbocycles. The van der Waals surface area contributed by atoms with Gasteiger partial charge in [-0.05, 0) is 69.2 Å². The first-order chi connectivity index (χ1) is 18.6. The molecular formula is C35H52N4. The van der Waals surface area contributed by atoms with E-state index in [1.165, 1.54) is 53.6 Å². The van der Waals surface area contributed by atoms with Gasteiger partial charge in [0.05, 0.1) is 11.2 Å². The first kappa shape index (κ1) is 30.8. The third kappa shape index (κ3) is 8.40. The van der Waals surface area contributed by atoms with Crippen molar-refractivity contribution in [3.8, 4) is 11.3 Å². The van der Waals surface area contributed by atoms with E-state index >= 15 is 0 Å². The lowest BCUT2D eigenvalue weighted by molar-refractivity contribution is 0.239. The molecule has 0 radical (unpaired) electrons. The van der Waals surface area contributed by atoms with Crippen molar-refractivity contribution in [1.82, 2.24) is 10.3 Å². The Kier molecular flexibility index (Phi) is 10.7. The van der Waals surface area contributed by atoms with E-state index in [1.54, 1.807) is 6.08 Å². The van der Waals surface area contributed by atoms with Crippen molar-refractivity contribution in [2.24, 2.45) is 16.6 Å². The second-order valence-corrected chi connectivity index (χ2v) is 12.5. The zero-order valence-electron chi connectivity index (χ0n) is 25.6. The van der Waals surface area contributed by atoms with Crippen LogP contribution in [0.3, 0.4) is 0 Å². The Morgan fingerprint density at radius 3 is 2.38 bits per heavy atom. The van der Waals surface area contributed by atoms with Gasteiger partial charge in [-0.25, -0.2) is 4.98 Å². The molecule has 212 valence electrons. The van der Waals surface area contributed by atoms with Crippen molar-refractivity contribution in [3.63, 3.8) is 0 Å². The summed E-state index contributed by atoms with van der Waals surface area (Å²) in [7, 11) is 0. The molecule has 2 aliphatic rings. The molecule has 4 heteroatoms. The highest BCUT2D eigenvalue weighted by Crippen LogP contribution is 2.41. The number of rotatable bonds is 4. The van der Waals surface area contributed by atoms with E-state index < -0.39 is 0 Å². The van der Waals surface area contributed by atoms with E-state index in [0.717, 1.165) is 37.3 Å². The number of aromatic nitrogens is 1. The average molecular weight is 529 g/mol. The third-order valence-corrected chi connectivity index (χ3v) is 7.65. The van der Waals surface area contributed by atoms with Gasteiger partial charge in [-0.1, -0.05) is 82.7 Å². The second kappa shape index (κ2) is 13.6. The van der Waals surface area contributed by atoms with Gasteiger partial charge < -0.3 is 16.0 Å². The van der Waals surface area contributed by atoms with E-state index in [0.29, 0.717) is 5.41 Å². The van der Waals surface area contributed by atoms with Gasteiger partial charge in [0.1, 0.15) is 0 Å². The second-order valence-electron chi connectivity index (χ2n) is 12.5. The van der Waals surface area contributed by atoms with Gasteiger partial charge in [0.25, 0.3) is 0 Å². The van der Waals surface area contributed by atoms with Crippen LogP contribution in [0.4, 0.5) is 5.69 Å². The summed E-state index contributed by atoms with van der Waals surface area (Å²) in [6.45, 7) is 23.0. The summed E-state index contributed by atoms with van der Waals surface area (Å²) in [6.07, 6.45) is 6.69. The van der Waals surface area contributed by atoms with Crippen LogP contribution in [0.2, 0.25) is 0 Å². The fourth-order valence-electron chi connectivity index (χ4n) is 5.63. The van der Waals surface area contributed by atoms with Crippen molar-refractivity contribution >= 4 is 16.6 Å². The Morgan fingerprint density at radius 1 is 1.10 bits per heavy atom. The summed E-state index contributed by atoms with van der Waals surface area (Å²) in [6, 6.07) is 18.3. The summed E-state index contributed by atoms with van der Waals surface area (Å²) in [5.74, 6) is 0. The van der Waals surface area contributed by atoms with E-state index in [9.17, 15) is 0 Å². The van der Waals surface area contributed by atoms with Crippen LogP contribution in [0.1, 0.15) is 71.9 Å². The van der Waals surface area contributed by atoms with Gasteiger partial charge in [0.2, 0.25) is 0 Å². The molecule has 39 heavy (non-hydrogen) atoms. The summed E-state index contributed by atoms with van der Waals surface area (Å²) < 4.78 is 0. The highest BCUT2D eigenvalue weighted by molar-refractivity contribution is 5.95. The number of aryl methyl sites for hydroxylation is 1. The zero-order chi connectivity index (χ0) is 28.6. The van der Waals surface area contributed by atoms with E-state index in [2.05, 4.69) is 93.0 Å². The fourth-order valence-corrected chi connectivity index (χ4v) is 5.63. The van der Waals surface area contributed by atoms with Crippen LogP contribution in [0.5, 0.6) is 0 Å². The molecule has 2 atom stereocenters. The molecule has 3 N–H and O–H groups in total. The SMILES string of the molecule is C=CC(C)N.CC.Cc1ccc(-c2cc(N3CCC4(CCCNC4)C3)c3ccc(CC(C)(C)C)cc3n2)cc1. The number of pyridine rings is 1. The van der Waals surface area contributed by atoms with E-state index in [4.69, 9.17) is 10.7 Å². The first-order valence-electron chi connectivity index (χ1n) is 14.9. The first-order valence-corrected chi connectivity index (χ1v) is 14.9. The summed E-state index contributed by atoms with van der Waals surface area (Å²) in [5, 5.41) is 4.95. The van der Waals surface area contributed by atoms with Crippen LogP contribution in [0.25, 0.3) is 22.2 Å². The predicted molar refractivity (Wildman–Crippen MR) is 172 cm³/mol. The molecule has 2 saturated heterocycles. The molecule has 3 aromatic rings. The molecule has 2 unspecified atom stereocenters. The number of benzene rings is 2. The molecule has 0 aliphatic carbocycles. The summed E-state index contributed by atoms with van der Waals surface area (Å²) in [5.41, 5.74) is 13.3. The van der Waals surface area contributed by atoms with Gasteiger partial charge in [-0.2, -0.15) is 0 Å². The Morgan fingerprint density at radius 2 is 1.79 bits per heavy atom. The number of hydrogen-bond donors (Lipinski definition) is 2. The van der Waals surface area contributed by atoms with Gasteiger partial charge in [-0.3, -0.25) is 0 Å². The normalized spacial score (nSPS) is 19.6. The summed E-state index contributed by atoms with van der Waals surface area (Å²) in [4.78, 5) is 7.80. The molecule has 2 fully saturated rings. The Balaban J connectivity index is 0.000000542. The van der Waals surface area contributed by atoms with Crippen molar-refractivity contribution < 1.29 is 0 Å². The Bertz CT molecular complexity index is 1200. The van der Waals surface area contributed by atoms with E-state index in [-0.39, 0.29) is 11.5 Å². The molecule has 3 heterocycles. The maximum atomic E-state index is 5.17. The van der Waals surface area contributed by atoms with Crippen molar-refractivity contribution in [2.45, 2.75) is 80.2 Å². The highest BCUT2D eigenvalue weighted by atomic mass is 15.2. The van der Waals surface area contributed by atoms with Crippen LogP contribution in [-0.4, -0.2) is 37.2 Å². The minimum Gasteiger partial charge on any atom is -0.370 e. The van der Waals surface area contributed by atoms with Gasteiger partial charge in [0.15, 0.2) is 0 Å². The molecule has 4 nitrogen and oxygen atoms in total. The van der Waals surface area contributed by atoms with E-state index in [1.807, 2.05) is 20.8 Å². The van der Waals surface area contributed by atoms with Crippen LogP contribution in [0.15, 0.2) is 61.2 Å². The highest BCUT2D eigenvalue weighted by Gasteiger charge is 2.39. The average Bonchev–Trinajstić information content (AvgIpc) is 3.32. The lowest BCUT2D eigenvalue weighted by Gasteiger charge is -2.34. The molecule has 1 aromatic heterocycles. The predicted octanol–water partition coefficient (Wildman–Crippen LogP) is 7.92. The fraction of sp³-hybridized carbons (Fsp3) is 0.514. The maximum Gasteiger partial charge on any atom is 0.0733 e. The lowest BCUT2D eigenvalue weighted by Crippen LogP contribution is -2.41. The molecule has 5 rings (SSSR count). The molecule has 0 bridgehead atoms. The van der Waals surface area contributed by atoms with Crippen molar-refractivity contribution in [3.05, 3.63) is 72.3 Å². The standard InChI is InChI=1S/C29H37N3.C4H9N.C2H6/c1-21-6-9-23(10-7-21)25-17-27(32-15-13-29(20-32)12-5-14-30-19-29)24-11-8-22(16-26(24)31-25)18-28(2,3)4;1-3-4(2)5;1-2/h6-11,16-17,30H,5,12-15,18-20H2,1-4H3;3-4H,1,5H2,2H3;1-2H3. The lowest BCUT2D eigenvalue weighted by atomic mass is 9.80. The van der Waals surface area contributed by atoms with Crippen LogP contribution in [0, 0.1) is 17.8 Å².